The second-order valence-corrected chi connectivity index (χ2v) is 6.98. The monoisotopic (exact) mass is 409 g/mol. The van der Waals surface area contributed by atoms with Crippen molar-refractivity contribution in [2.24, 2.45) is 7.05 Å². The molecule has 0 fully saturated rings. The van der Waals surface area contributed by atoms with Crippen LogP contribution in [-0.4, -0.2) is 22.6 Å². The molecule has 0 spiro atoms. The van der Waals surface area contributed by atoms with E-state index in [2.05, 4.69) is 0 Å². The normalized spacial score (nSPS) is 11.1. The van der Waals surface area contributed by atoms with Crippen molar-refractivity contribution in [3.8, 4) is 16.9 Å². The highest BCUT2D eigenvalue weighted by molar-refractivity contribution is 6.32. The molecule has 3 aromatic carbocycles. The van der Waals surface area contributed by atoms with Crippen LogP contribution in [0.1, 0.15) is 10.4 Å². The standard InChI is InChI=1S/C21H15ClN2O5/c1-23-17-8-5-12(22)9-15(17)18-16(21(25)26)10-14(20(29-2)19(18)23)11-3-6-13(7-4-11)24(27)28/h3-10H,1-2H3,(H,25,26)/p-1. The maximum atomic E-state index is 12.0. The minimum atomic E-state index is -1.34. The molecule has 0 amide bonds. The lowest BCUT2D eigenvalue weighted by atomic mass is 9.97. The van der Waals surface area contributed by atoms with Crippen molar-refractivity contribution in [1.82, 2.24) is 4.57 Å². The van der Waals surface area contributed by atoms with Crippen LogP contribution in [0.4, 0.5) is 5.69 Å². The molecule has 0 unspecified atom stereocenters. The minimum Gasteiger partial charge on any atom is -0.545 e. The van der Waals surface area contributed by atoms with Gasteiger partial charge in [-0.05, 0) is 42.0 Å². The second kappa shape index (κ2) is 6.79. The predicted octanol–water partition coefficient (Wildman–Crippen LogP) is 3.93. The third-order valence-electron chi connectivity index (χ3n) is 4.99. The van der Waals surface area contributed by atoms with Gasteiger partial charge in [0.15, 0.2) is 5.75 Å². The number of carbonyl (C=O) groups is 1. The molecule has 1 aromatic heterocycles. The van der Waals surface area contributed by atoms with Crippen LogP contribution in [0.25, 0.3) is 32.9 Å². The Balaban J connectivity index is 2.14. The molecule has 146 valence electrons. The number of non-ortho nitro benzene ring substituents is 1. The number of methoxy groups -OCH3 is 1. The van der Waals surface area contributed by atoms with E-state index in [0.717, 1.165) is 5.52 Å². The molecule has 0 aliphatic carbocycles. The maximum Gasteiger partial charge on any atom is 0.269 e. The van der Waals surface area contributed by atoms with E-state index in [1.807, 2.05) is 10.6 Å². The van der Waals surface area contributed by atoms with Crippen molar-refractivity contribution >= 4 is 45.1 Å². The molecule has 4 aromatic rings. The second-order valence-electron chi connectivity index (χ2n) is 6.54. The van der Waals surface area contributed by atoms with E-state index < -0.39 is 10.9 Å². The van der Waals surface area contributed by atoms with Gasteiger partial charge in [0.25, 0.3) is 5.69 Å². The van der Waals surface area contributed by atoms with E-state index in [4.69, 9.17) is 16.3 Å². The fourth-order valence-corrected chi connectivity index (χ4v) is 3.88. The van der Waals surface area contributed by atoms with Crippen LogP contribution in [0.15, 0.2) is 48.5 Å². The number of halogens is 1. The lowest BCUT2D eigenvalue weighted by Crippen LogP contribution is -2.22. The third-order valence-corrected chi connectivity index (χ3v) is 5.23. The van der Waals surface area contributed by atoms with Crippen molar-refractivity contribution in [3.05, 3.63) is 69.2 Å². The van der Waals surface area contributed by atoms with Gasteiger partial charge < -0.3 is 19.2 Å². The highest BCUT2D eigenvalue weighted by atomic mass is 35.5. The van der Waals surface area contributed by atoms with Gasteiger partial charge in [-0.15, -0.1) is 0 Å². The molecule has 1 heterocycles. The number of fused-ring (bicyclic) bond motifs is 3. The number of carboxylic acid groups (broad SMARTS) is 1. The molecule has 0 aliphatic rings. The van der Waals surface area contributed by atoms with Crippen LogP contribution >= 0.6 is 11.6 Å². The van der Waals surface area contributed by atoms with Crippen molar-refractivity contribution in [3.63, 3.8) is 0 Å². The number of nitro groups is 1. The van der Waals surface area contributed by atoms with Gasteiger partial charge in [0.2, 0.25) is 0 Å². The molecule has 0 N–H and O–H groups in total. The number of aryl methyl sites for hydroxylation is 1. The van der Waals surface area contributed by atoms with E-state index in [1.54, 1.807) is 31.3 Å². The number of nitrogens with zero attached hydrogens (tertiary/aromatic N) is 2. The van der Waals surface area contributed by atoms with Gasteiger partial charge in [-0.3, -0.25) is 10.1 Å². The fourth-order valence-electron chi connectivity index (χ4n) is 3.71. The Hall–Kier alpha value is -3.58. The largest absolute Gasteiger partial charge is 0.545 e. The van der Waals surface area contributed by atoms with Gasteiger partial charge in [0.05, 0.1) is 23.5 Å². The Labute approximate surface area is 169 Å². The maximum absolute atomic E-state index is 12.0. The molecule has 0 saturated carbocycles. The summed E-state index contributed by atoms with van der Waals surface area (Å²) in [5, 5.41) is 24.6. The predicted molar refractivity (Wildman–Crippen MR) is 108 cm³/mol. The number of nitro benzene ring substituents is 1. The van der Waals surface area contributed by atoms with Gasteiger partial charge in [0.1, 0.15) is 0 Å². The zero-order chi connectivity index (χ0) is 20.9. The quantitative estimate of drug-likeness (QED) is 0.375. The lowest BCUT2D eigenvalue weighted by Gasteiger charge is -2.15. The highest BCUT2D eigenvalue weighted by Gasteiger charge is 2.22. The number of hydrogen-bond acceptors (Lipinski definition) is 5. The summed E-state index contributed by atoms with van der Waals surface area (Å²) < 4.78 is 7.50. The summed E-state index contributed by atoms with van der Waals surface area (Å²) in [6.45, 7) is 0. The number of rotatable bonds is 4. The lowest BCUT2D eigenvalue weighted by molar-refractivity contribution is -0.384. The molecule has 0 aliphatic heterocycles. The number of ether oxygens (including phenoxy) is 1. The van der Waals surface area contributed by atoms with Crippen LogP contribution in [0, 0.1) is 10.1 Å². The number of aromatic nitrogens is 1. The van der Waals surface area contributed by atoms with Crippen LogP contribution in [0.5, 0.6) is 5.75 Å². The van der Waals surface area contributed by atoms with Crippen molar-refractivity contribution in [1.29, 1.82) is 0 Å². The summed E-state index contributed by atoms with van der Waals surface area (Å²) >= 11 is 6.14. The fraction of sp³-hybridized carbons (Fsp3) is 0.0952. The zero-order valence-corrected chi connectivity index (χ0v) is 16.2. The molecule has 0 atom stereocenters. The average Bonchev–Trinajstić information content (AvgIpc) is 2.99. The summed E-state index contributed by atoms with van der Waals surface area (Å²) in [5.74, 6) is -0.887. The van der Waals surface area contributed by atoms with Gasteiger partial charge >= 0.3 is 0 Å². The molecule has 0 bridgehead atoms. The smallest absolute Gasteiger partial charge is 0.269 e. The number of aromatic carboxylic acids is 1. The molecule has 4 rings (SSSR count). The number of carbonyl (C=O) groups excluding carboxylic acids is 1. The van der Waals surface area contributed by atoms with Crippen LogP contribution in [0.3, 0.4) is 0 Å². The summed E-state index contributed by atoms with van der Waals surface area (Å²) in [6.07, 6.45) is 0. The van der Waals surface area contributed by atoms with Crippen LogP contribution in [-0.2, 0) is 7.05 Å². The van der Waals surface area contributed by atoms with E-state index >= 15 is 0 Å². The number of benzene rings is 3. The van der Waals surface area contributed by atoms with Crippen molar-refractivity contribution in [2.75, 3.05) is 7.11 Å². The molecule has 29 heavy (non-hydrogen) atoms. The Kier molecular flexibility index (Phi) is 4.39. The van der Waals surface area contributed by atoms with Gasteiger partial charge in [-0.25, -0.2) is 0 Å². The first-order valence-corrected chi connectivity index (χ1v) is 8.96. The summed E-state index contributed by atoms with van der Waals surface area (Å²) in [6, 6.07) is 12.5. The first-order valence-electron chi connectivity index (χ1n) is 8.58. The van der Waals surface area contributed by atoms with Gasteiger partial charge in [-0.1, -0.05) is 11.6 Å². The van der Waals surface area contributed by atoms with Gasteiger partial charge in [0, 0.05) is 51.6 Å². The van der Waals surface area contributed by atoms with Crippen molar-refractivity contribution < 1.29 is 19.6 Å². The molecular weight excluding hydrogens is 396 g/mol. The molecule has 8 heteroatoms. The summed E-state index contributed by atoms with van der Waals surface area (Å²) in [7, 11) is 3.30. The van der Waals surface area contributed by atoms with Crippen molar-refractivity contribution in [2.45, 2.75) is 0 Å². The molecular formula is C21H14ClN2O5-. The molecule has 0 saturated heterocycles. The van der Waals surface area contributed by atoms with E-state index in [1.165, 1.54) is 25.3 Å². The Morgan fingerprint density at radius 3 is 2.41 bits per heavy atom. The molecule has 7 nitrogen and oxygen atoms in total. The Bertz CT molecular complexity index is 1310. The summed E-state index contributed by atoms with van der Waals surface area (Å²) in [5.41, 5.74) is 2.35. The molecule has 0 radical (unpaired) electrons. The average molecular weight is 410 g/mol. The van der Waals surface area contributed by atoms with Gasteiger partial charge in [-0.2, -0.15) is 0 Å². The SMILES string of the molecule is COc1c(-c2ccc([N+](=O)[O-])cc2)cc(C(=O)[O-])c2c3cc(Cl)ccc3n(C)c12. The Morgan fingerprint density at radius 1 is 1.14 bits per heavy atom. The highest BCUT2D eigenvalue weighted by Crippen LogP contribution is 2.43. The summed E-state index contributed by atoms with van der Waals surface area (Å²) in [4.78, 5) is 22.4. The first kappa shape index (κ1) is 18.8. The Morgan fingerprint density at radius 2 is 1.83 bits per heavy atom. The van der Waals surface area contributed by atoms with Crippen LogP contribution < -0.4 is 9.84 Å². The number of carboxylic acids is 1. The number of hydrogen-bond donors (Lipinski definition) is 0. The minimum absolute atomic E-state index is 0.0120. The third kappa shape index (κ3) is 2.87. The van der Waals surface area contributed by atoms with E-state index in [-0.39, 0.29) is 11.3 Å². The first-order chi connectivity index (χ1) is 13.8. The topological polar surface area (TPSA) is 97.4 Å². The van der Waals surface area contributed by atoms with E-state index in [0.29, 0.717) is 38.2 Å². The van der Waals surface area contributed by atoms with Crippen LogP contribution in [0.2, 0.25) is 5.02 Å². The zero-order valence-electron chi connectivity index (χ0n) is 15.4. The van der Waals surface area contributed by atoms with E-state index in [9.17, 15) is 20.0 Å².